The van der Waals surface area contributed by atoms with Gasteiger partial charge in [-0.15, -0.1) is 11.3 Å². The van der Waals surface area contributed by atoms with Crippen molar-refractivity contribution in [3.8, 4) is 10.6 Å². The van der Waals surface area contributed by atoms with Crippen molar-refractivity contribution in [2.24, 2.45) is 0 Å². The molecule has 0 unspecified atom stereocenters. The number of aryl methyl sites for hydroxylation is 2. The number of anilines is 1. The van der Waals surface area contributed by atoms with Crippen LogP contribution in [0, 0.1) is 13.8 Å². The second kappa shape index (κ2) is 6.71. The molecule has 0 saturated carbocycles. The summed E-state index contributed by atoms with van der Waals surface area (Å²) >= 11 is 1.52. The zero-order valence-electron chi connectivity index (χ0n) is 13.0. The first-order chi connectivity index (χ1) is 11.1. The summed E-state index contributed by atoms with van der Waals surface area (Å²) in [6, 6.07) is 9.85. The van der Waals surface area contributed by atoms with Gasteiger partial charge in [0.1, 0.15) is 5.01 Å². The van der Waals surface area contributed by atoms with E-state index in [1.165, 1.54) is 11.3 Å². The van der Waals surface area contributed by atoms with E-state index in [2.05, 4.69) is 21.4 Å². The number of amides is 1. The number of nitrogens with one attached hydrogen (secondary N) is 1. The largest absolute Gasteiger partial charge is 0.326 e. The van der Waals surface area contributed by atoms with E-state index in [1.807, 2.05) is 43.5 Å². The topological polar surface area (TPSA) is 54.9 Å². The lowest BCUT2D eigenvalue weighted by Crippen LogP contribution is -2.14. The van der Waals surface area contributed by atoms with Crippen LogP contribution in [0.4, 0.5) is 5.69 Å². The van der Waals surface area contributed by atoms with Crippen molar-refractivity contribution < 1.29 is 4.79 Å². The lowest BCUT2D eigenvalue weighted by Gasteiger charge is -2.06. The number of benzene rings is 1. The van der Waals surface area contributed by atoms with Gasteiger partial charge in [-0.25, -0.2) is 4.98 Å². The SMILES string of the molecule is Cc1cc(C)cc(NC(=O)Cc2csc(-c3cccnc3)n2)c1. The molecular weight excluding hydrogens is 306 g/mol. The number of hydrogen-bond acceptors (Lipinski definition) is 4. The van der Waals surface area contributed by atoms with Gasteiger partial charge in [0.2, 0.25) is 5.91 Å². The Labute approximate surface area is 139 Å². The number of thiazole rings is 1. The average molecular weight is 323 g/mol. The molecule has 0 atom stereocenters. The van der Waals surface area contributed by atoms with Crippen molar-refractivity contribution in [2.75, 3.05) is 5.32 Å². The number of carbonyl (C=O) groups is 1. The number of pyridine rings is 1. The molecule has 0 bridgehead atoms. The number of hydrogen-bond donors (Lipinski definition) is 1. The normalized spacial score (nSPS) is 10.5. The number of nitrogens with zero attached hydrogens (tertiary/aromatic N) is 2. The van der Waals surface area contributed by atoms with Crippen LogP contribution in [0.1, 0.15) is 16.8 Å². The first-order valence-corrected chi connectivity index (χ1v) is 8.21. The molecule has 0 aliphatic rings. The molecule has 0 saturated heterocycles. The first-order valence-electron chi connectivity index (χ1n) is 7.33. The van der Waals surface area contributed by atoms with Crippen LogP contribution in [0.25, 0.3) is 10.6 Å². The zero-order valence-corrected chi connectivity index (χ0v) is 13.9. The molecule has 0 fully saturated rings. The molecule has 3 aromatic rings. The third-order valence-corrected chi connectivity index (χ3v) is 4.25. The maximum Gasteiger partial charge on any atom is 0.230 e. The molecule has 0 aliphatic carbocycles. The van der Waals surface area contributed by atoms with E-state index >= 15 is 0 Å². The summed E-state index contributed by atoms with van der Waals surface area (Å²) in [7, 11) is 0. The Bertz CT molecular complexity index is 807. The Hall–Kier alpha value is -2.53. The predicted molar refractivity (Wildman–Crippen MR) is 93.6 cm³/mol. The van der Waals surface area contributed by atoms with E-state index in [0.717, 1.165) is 33.1 Å². The first kappa shape index (κ1) is 15.4. The standard InChI is InChI=1S/C18H17N3OS/c1-12-6-13(2)8-15(7-12)20-17(22)9-16-11-23-18(21-16)14-4-3-5-19-10-14/h3-8,10-11H,9H2,1-2H3,(H,20,22). The van der Waals surface area contributed by atoms with E-state index in [-0.39, 0.29) is 12.3 Å². The Morgan fingerprint density at radius 1 is 1.22 bits per heavy atom. The Morgan fingerprint density at radius 2 is 2.00 bits per heavy atom. The Morgan fingerprint density at radius 3 is 2.70 bits per heavy atom. The summed E-state index contributed by atoms with van der Waals surface area (Å²) in [5.74, 6) is -0.0574. The van der Waals surface area contributed by atoms with Crippen molar-refractivity contribution in [1.29, 1.82) is 0 Å². The fourth-order valence-electron chi connectivity index (χ4n) is 2.43. The number of aromatic nitrogens is 2. The Kier molecular flexibility index (Phi) is 4.48. The molecule has 2 aromatic heterocycles. The molecule has 3 rings (SSSR count). The van der Waals surface area contributed by atoms with Crippen molar-refractivity contribution in [3.63, 3.8) is 0 Å². The van der Waals surface area contributed by atoms with Gasteiger partial charge < -0.3 is 5.32 Å². The summed E-state index contributed by atoms with van der Waals surface area (Å²) in [5, 5.41) is 5.74. The minimum Gasteiger partial charge on any atom is -0.326 e. The van der Waals surface area contributed by atoms with Crippen LogP contribution in [-0.2, 0) is 11.2 Å². The highest BCUT2D eigenvalue weighted by Gasteiger charge is 2.10. The van der Waals surface area contributed by atoms with Gasteiger partial charge in [-0.1, -0.05) is 6.07 Å². The van der Waals surface area contributed by atoms with Crippen molar-refractivity contribution >= 4 is 22.9 Å². The predicted octanol–water partition coefficient (Wildman–Crippen LogP) is 4.00. The van der Waals surface area contributed by atoms with Crippen LogP contribution in [0.15, 0.2) is 48.1 Å². The third kappa shape index (κ3) is 4.02. The molecule has 0 radical (unpaired) electrons. The van der Waals surface area contributed by atoms with E-state index in [9.17, 15) is 4.79 Å². The second-order valence-corrected chi connectivity index (χ2v) is 6.35. The lowest BCUT2D eigenvalue weighted by molar-refractivity contribution is -0.115. The fourth-order valence-corrected chi connectivity index (χ4v) is 3.24. The highest BCUT2D eigenvalue weighted by molar-refractivity contribution is 7.13. The minimum absolute atomic E-state index is 0.0574. The molecule has 5 heteroatoms. The zero-order chi connectivity index (χ0) is 16.2. The highest BCUT2D eigenvalue weighted by atomic mass is 32.1. The van der Waals surface area contributed by atoms with Crippen LogP contribution in [0.3, 0.4) is 0 Å². The summed E-state index contributed by atoms with van der Waals surface area (Å²) in [6.45, 7) is 4.03. The average Bonchev–Trinajstić information content (AvgIpc) is 2.95. The number of carbonyl (C=O) groups excluding carboxylic acids is 1. The van der Waals surface area contributed by atoms with Crippen molar-refractivity contribution in [2.45, 2.75) is 20.3 Å². The summed E-state index contributed by atoms with van der Waals surface area (Å²) < 4.78 is 0. The molecule has 1 aromatic carbocycles. The van der Waals surface area contributed by atoms with Gasteiger partial charge in [0, 0.05) is 29.0 Å². The van der Waals surface area contributed by atoms with E-state index in [4.69, 9.17) is 0 Å². The van der Waals surface area contributed by atoms with Crippen LogP contribution in [-0.4, -0.2) is 15.9 Å². The van der Waals surface area contributed by atoms with Crippen LogP contribution >= 0.6 is 11.3 Å². The molecule has 1 N–H and O–H groups in total. The molecule has 4 nitrogen and oxygen atoms in total. The smallest absolute Gasteiger partial charge is 0.230 e. The Balaban J connectivity index is 1.68. The van der Waals surface area contributed by atoms with Gasteiger partial charge >= 0.3 is 0 Å². The summed E-state index contributed by atoms with van der Waals surface area (Å²) in [5.41, 5.74) is 4.84. The summed E-state index contributed by atoms with van der Waals surface area (Å²) in [6.07, 6.45) is 3.78. The second-order valence-electron chi connectivity index (χ2n) is 5.49. The maximum absolute atomic E-state index is 12.2. The van der Waals surface area contributed by atoms with Gasteiger partial charge in [-0.05, 0) is 49.2 Å². The van der Waals surface area contributed by atoms with Gasteiger partial charge in [-0.3, -0.25) is 9.78 Å². The number of rotatable bonds is 4. The molecule has 0 spiro atoms. The maximum atomic E-state index is 12.2. The van der Waals surface area contributed by atoms with Gasteiger partial charge in [0.05, 0.1) is 12.1 Å². The molecule has 1 amide bonds. The molecule has 2 heterocycles. The van der Waals surface area contributed by atoms with E-state index < -0.39 is 0 Å². The van der Waals surface area contributed by atoms with Gasteiger partial charge in [0.25, 0.3) is 0 Å². The van der Waals surface area contributed by atoms with Crippen molar-refractivity contribution in [3.05, 3.63) is 64.9 Å². The van der Waals surface area contributed by atoms with E-state index in [1.54, 1.807) is 12.4 Å². The molecular formula is C18H17N3OS. The third-order valence-electron chi connectivity index (χ3n) is 3.31. The lowest BCUT2D eigenvalue weighted by atomic mass is 10.1. The quantitative estimate of drug-likeness (QED) is 0.789. The monoisotopic (exact) mass is 323 g/mol. The minimum atomic E-state index is -0.0574. The van der Waals surface area contributed by atoms with Crippen LogP contribution in [0.2, 0.25) is 0 Å². The fraction of sp³-hybridized carbons (Fsp3) is 0.167. The summed E-state index contributed by atoms with van der Waals surface area (Å²) in [4.78, 5) is 20.8. The molecule has 23 heavy (non-hydrogen) atoms. The van der Waals surface area contributed by atoms with Crippen molar-refractivity contribution in [1.82, 2.24) is 9.97 Å². The van der Waals surface area contributed by atoms with Crippen LogP contribution in [0.5, 0.6) is 0 Å². The van der Waals surface area contributed by atoms with Crippen LogP contribution < -0.4 is 5.32 Å². The molecule has 116 valence electrons. The van der Waals surface area contributed by atoms with Gasteiger partial charge in [0.15, 0.2) is 0 Å². The van der Waals surface area contributed by atoms with E-state index in [0.29, 0.717) is 0 Å². The molecule has 0 aliphatic heterocycles. The highest BCUT2D eigenvalue weighted by Crippen LogP contribution is 2.23. The van der Waals surface area contributed by atoms with Gasteiger partial charge in [-0.2, -0.15) is 0 Å².